The van der Waals surface area contributed by atoms with Crippen LogP contribution in [0.2, 0.25) is 0 Å². The number of carbonyl (C=O) groups excluding carboxylic acids is 1. The molecule has 7 nitrogen and oxygen atoms in total. The minimum absolute atomic E-state index is 0.0785. The molecule has 0 atom stereocenters. The molecule has 0 aliphatic carbocycles. The lowest BCUT2D eigenvalue weighted by molar-refractivity contribution is -0.116. The van der Waals surface area contributed by atoms with Gasteiger partial charge in [-0.2, -0.15) is 0 Å². The molecule has 0 radical (unpaired) electrons. The average molecular weight is 423 g/mol. The van der Waals surface area contributed by atoms with Crippen molar-refractivity contribution in [2.24, 2.45) is 4.99 Å². The van der Waals surface area contributed by atoms with Crippen molar-refractivity contribution >= 4 is 17.7 Å². The van der Waals surface area contributed by atoms with E-state index in [0.29, 0.717) is 24.8 Å². The molecule has 0 unspecified atom stereocenters. The molecule has 0 spiro atoms. The van der Waals surface area contributed by atoms with E-state index in [1.165, 1.54) is 5.56 Å². The first kappa shape index (κ1) is 22.7. The highest BCUT2D eigenvalue weighted by atomic mass is 16.1. The number of pyridine rings is 1. The van der Waals surface area contributed by atoms with Gasteiger partial charge in [-0.05, 0) is 43.9 Å². The molecule has 1 fully saturated rings. The van der Waals surface area contributed by atoms with E-state index < -0.39 is 0 Å². The highest BCUT2D eigenvalue weighted by Gasteiger charge is 2.20. The van der Waals surface area contributed by atoms with Gasteiger partial charge < -0.3 is 16.0 Å². The second-order valence-corrected chi connectivity index (χ2v) is 7.96. The number of piperidine rings is 1. The number of aromatic nitrogens is 1. The Balaban J connectivity index is 1.41. The number of amides is 1. The van der Waals surface area contributed by atoms with Crippen molar-refractivity contribution in [3.05, 3.63) is 59.8 Å². The van der Waals surface area contributed by atoms with Gasteiger partial charge in [0.2, 0.25) is 5.91 Å². The molecule has 1 aliphatic heterocycles. The van der Waals surface area contributed by atoms with Crippen molar-refractivity contribution in [3.63, 3.8) is 0 Å². The fourth-order valence-electron chi connectivity index (χ4n) is 3.61. The number of benzene rings is 1. The van der Waals surface area contributed by atoms with E-state index in [1.54, 1.807) is 6.20 Å². The summed E-state index contributed by atoms with van der Waals surface area (Å²) in [4.78, 5) is 23.4. The monoisotopic (exact) mass is 422 g/mol. The Hall–Kier alpha value is -2.93. The molecule has 1 amide bonds. The zero-order chi connectivity index (χ0) is 21.9. The first-order valence-electron chi connectivity index (χ1n) is 11.2. The molecule has 1 aliphatic rings. The number of likely N-dealkylation sites (tertiary alicyclic amines) is 1. The Morgan fingerprint density at radius 3 is 2.61 bits per heavy atom. The fraction of sp³-hybridized carbons (Fsp3) is 0.458. The third-order valence-electron chi connectivity index (χ3n) is 5.31. The molecule has 3 N–H and O–H groups in total. The Labute approximate surface area is 185 Å². The summed E-state index contributed by atoms with van der Waals surface area (Å²) in [6, 6.07) is 14.8. The molecule has 0 bridgehead atoms. The maximum absolute atomic E-state index is 12.1. The highest BCUT2D eigenvalue weighted by molar-refractivity contribution is 5.90. The summed E-state index contributed by atoms with van der Waals surface area (Å²) >= 11 is 0. The number of aryl methyl sites for hydroxylation is 1. The second-order valence-electron chi connectivity index (χ2n) is 7.96. The van der Waals surface area contributed by atoms with E-state index in [2.05, 4.69) is 68.1 Å². The molecule has 1 aromatic carbocycles. The van der Waals surface area contributed by atoms with Gasteiger partial charge >= 0.3 is 0 Å². The first-order chi connectivity index (χ1) is 15.1. The Bertz CT molecular complexity index is 829. The lowest BCUT2D eigenvalue weighted by atomic mass is 10.0. The minimum atomic E-state index is -0.0785. The highest BCUT2D eigenvalue weighted by Crippen LogP contribution is 2.14. The normalized spacial score (nSPS) is 15.5. The van der Waals surface area contributed by atoms with Crippen LogP contribution in [0.1, 0.15) is 37.3 Å². The van der Waals surface area contributed by atoms with Gasteiger partial charge in [0.1, 0.15) is 5.82 Å². The van der Waals surface area contributed by atoms with Crippen LogP contribution in [0.4, 0.5) is 5.82 Å². The van der Waals surface area contributed by atoms with Crippen LogP contribution >= 0.6 is 0 Å². The predicted molar refractivity (Wildman–Crippen MR) is 126 cm³/mol. The van der Waals surface area contributed by atoms with Crippen LogP contribution in [0.3, 0.4) is 0 Å². The number of nitrogens with one attached hydrogen (secondary N) is 3. The molecule has 2 heterocycles. The van der Waals surface area contributed by atoms with Gasteiger partial charge in [0, 0.05) is 44.8 Å². The van der Waals surface area contributed by atoms with E-state index in [4.69, 9.17) is 0 Å². The van der Waals surface area contributed by atoms with E-state index in [0.717, 1.165) is 50.5 Å². The molecule has 1 saturated heterocycles. The van der Waals surface area contributed by atoms with Crippen molar-refractivity contribution < 1.29 is 4.79 Å². The third kappa shape index (κ3) is 8.02. The standard InChI is InChI=1S/C24H34N6O/c1-3-25-24(26-14-11-23(31)29-22-10-9-19(2)17-27-22)28-21-12-15-30(16-13-21)18-20-7-5-4-6-8-20/h4-10,17,21H,3,11-16,18H2,1-2H3,(H2,25,26,28)(H,27,29,31). The summed E-state index contributed by atoms with van der Waals surface area (Å²) in [5.74, 6) is 1.28. The average Bonchev–Trinajstić information content (AvgIpc) is 2.77. The molecule has 3 rings (SSSR count). The van der Waals surface area contributed by atoms with E-state index in [-0.39, 0.29) is 5.91 Å². The zero-order valence-corrected chi connectivity index (χ0v) is 18.6. The number of rotatable bonds is 8. The van der Waals surface area contributed by atoms with Gasteiger partial charge in [-0.1, -0.05) is 36.4 Å². The topological polar surface area (TPSA) is 81.6 Å². The van der Waals surface area contributed by atoms with E-state index >= 15 is 0 Å². The lowest BCUT2D eigenvalue weighted by Crippen LogP contribution is -2.48. The summed E-state index contributed by atoms with van der Waals surface area (Å²) in [5.41, 5.74) is 2.43. The molecule has 7 heteroatoms. The lowest BCUT2D eigenvalue weighted by Gasteiger charge is -2.33. The summed E-state index contributed by atoms with van der Waals surface area (Å²) in [6.07, 6.45) is 4.22. The van der Waals surface area contributed by atoms with Gasteiger partial charge in [-0.3, -0.25) is 14.7 Å². The summed E-state index contributed by atoms with van der Waals surface area (Å²) in [7, 11) is 0. The smallest absolute Gasteiger partial charge is 0.227 e. The van der Waals surface area contributed by atoms with Crippen LogP contribution in [-0.2, 0) is 11.3 Å². The molecular weight excluding hydrogens is 388 g/mol. The van der Waals surface area contributed by atoms with E-state index in [1.807, 2.05) is 19.1 Å². The van der Waals surface area contributed by atoms with Crippen molar-refractivity contribution in [3.8, 4) is 0 Å². The molecule has 166 valence electrons. The fourth-order valence-corrected chi connectivity index (χ4v) is 3.61. The Morgan fingerprint density at radius 2 is 1.94 bits per heavy atom. The third-order valence-corrected chi connectivity index (χ3v) is 5.31. The van der Waals surface area contributed by atoms with Crippen LogP contribution < -0.4 is 16.0 Å². The molecule has 31 heavy (non-hydrogen) atoms. The summed E-state index contributed by atoms with van der Waals surface area (Å²) in [6.45, 7) is 8.38. The van der Waals surface area contributed by atoms with Crippen molar-refractivity contribution in [1.29, 1.82) is 0 Å². The van der Waals surface area contributed by atoms with Gasteiger partial charge in [-0.25, -0.2) is 4.98 Å². The number of hydrogen-bond acceptors (Lipinski definition) is 4. The second kappa shape index (κ2) is 12.1. The zero-order valence-electron chi connectivity index (χ0n) is 18.6. The number of hydrogen-bond donors (Lipinski definition) is 3. The van der Waals surface area contributed by atoms with Gasteiger partial charge in [0.05, 0.1) is 6.54 Å². The largest absolute Gasteiger partial charge is 0.357 e. The Kier molecular flexibility index (Phi) is 8.84. The van der Waals surface area contributed by atoms with E-state index in [9.17, 15) is 4.79 Å². The number of aliphatic imine (C=N–C) groups is 1. The maximum Gasteiger partial charge on any atom is 0.227 e. The number of nitrogens with zero attached hydrogens (tertiary/aromatic N) is 3. The Morgan fingerprint density at radius 1 is 1.16 bits per heavy atom. The van der Waals surface area contributed by atoms with Crippen molar-refractivity contribution in [2.75, 3.05) is 31.5 Å². The van der Waals surface area contributed by atoms with Gasteiger partial charge in [0.25, 0.3) is 0 Å². The van der Waals surface area contributed by atoms with Crippen LogP contribution in [0.5, 0.6) is 0 Å². The van der Waals surface area contributed by atoms with Crippen molar-refractivity contribution in [1.82, 2.24) is 20.5 Å². The van der Waals surface area contributed by atoms with Crippen LogP contribution in [-0.4, -0.2) is 54.0 Å². The number of guanidine groups is 1. The summed E-state index contributed by atoms with van der Waals surface area (Å²) in [5, 5.41) is 9.65. The minimum Gasteiger partial charge on any atom is -0.357 e. The van der Waals surface area contributed by atoms with Crippen LogP contribution in [0, 0.1) is 6.92 Å². The quantitative estimate of drug-likeness (QED) is 0.450. The molecule has 1 aromatic heterocycles. The van der Waals surface area contributed by atoms with Crippen molar-refractivity contribution in [2.45, 2.75) is 45.7 Å². The predicted octanol–water partition coefficient (Wildman–Crippen LogP) is 2.94. The van der Waals surface area contributed by atoms with Crippen LogP contribution in [0.25, 0.3) is 0 Å². The maximum atomic E-state index is 12.1. The first-order valence-corrected chi connectivity index (χ1v) is 11.2. The number of carbonyl (C=O) groups is 1. The molecular formula is C24H34N6O. The van der Waals surface area contributed by atoms with Gasteiger partial charge in [0.15, 0.2) is 5.96 Å². The van der Waals surface area contributed by atoms with Crippen LogP contribution in [0.15, 0.2) is 53.7 Å². The van der Waals surface area contributed by atoms with Gasteiger partial charge in [-0.15, -0.1) is 0 Å². The number of anilines is 1. The molecule has 0 saturated carbocycles. The summed E-state index contributed by atoms with van der Waals surface area (Å²) < 4.78 is 0. The molecule has 2 aromatic rings. The SMILES string of the molecule is CCNC(=NCCC(=O)Nc1ccc(C)cn1)NC1CCN(Cc2ccccc2)CC1.